The van der Waals surface area contributed by atoms with Gasteiger partial charge in [0.05, 0.1) is 17.3 Å². The van der Waals surface area contributed by atoms with Crippen molar-refractivity contribution in [2.24, 2.45) is 0 Å². The lowest BCUT2D eigenvalue weighted by Gasteiger charge is -2.34. The van der Waals surface area contributed by atoms with Crippen molar-refractivity contribution in [1.29, 1.82) is 0 Å². The largest absolute Gasteiger partial charge is 0.455 e. The molecule has 0 spiro atoms. The van der Waals surface area contributed by atoms with Crippen LogP contribution in [0.4, 0.5) is 10.5 Å². The minimum atomic E-state index is -0.603. The Morgan fingerprint density at radius 1 is 1.04 bits per heavy atom. The monoisotopic (exact) mass is 364 g/mol. The molecule has 1 atom stereocenters. The van der Waals surface area contributed by atoms with E-state index in [1.165, 1.54) is 0 Å². The molecule has 3 aromatic rings. The Morgan fingerprint density at radius 3 is 2.69 bits per heavy atom. The Morgan fingerprint density at radius 2 is 1.85 bits per heavy atom. The van der Waals surface area contributed by atoms with Crippen molar-refractivity contribution in [3.8, 4) is 11.5 Å². The van der Waals surface area contributed by atoms with Crippen LogP contribution >= 0.6 is 11.6 Å². The quantitative estimate of drug-likeness (QED) is 0.603. The molecule has 5 rings (SSSR count). The summed E-state index contributed by atoms with van der Waals surface area (Å²) in [6, 6.07) is 14.8. The third kappa shape index (κ3) is 2.24. The molecule has 2 aromatic carbocycles. The molecular formula is C20H13ClN2O3. The number of carbonyl (C=O) groups is 1. The molecule has 0 saturated heterocycles. The first-order valence-corrected chi connectivity index (χ1v) is 8.56. The molecule has 6 heteroatoms. The molecular weight excluding hydrogens is 352 g/mol. The zero-order valence-corrected chi connectivity index (χ0v) is 14.3. The summed E-state index contributed by atoms with van der Waals surface area (Å²) in [6.07, 6.45) is 2.30. The van der Waals surface area contributed by atoms with E-state index in [1.54, 1.807) is 29.4 Å². The molecule has 0 N–H and O–H groups in total. The minimum absolute atomic E-state index is 0.360. The van der Waals surface area contributed by atoms with E-state index in [0.29, 0.717) is 23.0 Å². The first kappa shape index (κ1) is 15.2. The van der Waals surface area contributed by atoms with Crippen LogP contribution in [0.1, 0.15) is 22.8 Å². The number of fused-ring (bicyclic) bond motifs is 1. The lowest BCUT2D eigenvalue weighted by Crippen LogP contribution is -2.37. The van der Waals surface area contributed by atoms with E-state index in [9.17, 15) is 4.79 Å². The second kappa shape index (κ2) is 5.75. The molecule has 0 aliphatic carbocycles. The van der Waals surface area contributed by atoms with Crippen LogP contribution in [0.2, 0.25) is 5.02 Å². The van der Waals surface area contributed by atoms with Crippen molar-refractivity contribution in [1.82, 2.24) is 4.98 Å². The topological polar surface area (TPSA) is 51.7 Å². The number of pyridine rings is 1. The van der Waals surface area contributed by atoms with E-state index in [4.69, 9.17) is 21.1 Å². The van der Waals surface area contributed by atoms with Crippen LogP contribution in [0, 0.1) is 0 Å². The average Bonchev–Trinajstić information content (AvgIpc) is 2.84. The fourth-order valence-corrected chi connectivity index (χ4v) is 3.68. The Hall–Kier alpha value is -3.05. The van der Waals surface area contributed by atoms with E-state index >= 15 is 0 Å². The maximum absolute atomic E-state index is 12.8. The number of ether oxygens (including phenoxy) is 2. The molecule has 5 nitrogen and oxygen atoms in total. The van der Waals surface area contributed by atoms with Crippen LogP contribution in [0.5, 0.6) is 11.5 Å². The highest BCUT2D eigenvalue weighted by molar-refractivity contribution is 6.32. The summed E-state index contributed by atoms with van der Waals surface area (Å²) in [5.74, 6) is 1.31. The predicted octanol–water partition coefficient (Wildman–Crippen LogP) is 5.09. The summed E-state index contributed by atoms with van der Waals surface area (Å²) >= 11 is 6.53. The first-order chi connectivity index (χ1) is 12.7. The first-order valence-electron chi connectivity index (χ1n) is 8.18. The number of cyclic esters (lactones) is 1. The summed E-state index contributed by atoms with van der Waals surface area (Å²) in [5, 5.41) is 0.526. The third-order valence-corrected chi connectivity index (χ3v) is 4.96. The van der Waals surface area contributed by atoms with Gasteiger partial charge in [-0.15, -0.1) is 0 Å². The summed E-state index contributed by atoms with van der Waals surface area (Å²) in [5.41, 5.74) is 3.10. The molecule has 0 unspecified atom stereocenters. The van der Waals surface area contributed by atoms with Gasteiger partial charge in [-0.25, -0.2) is 4.79 Å². The molecule has 2 aliphatic rings. The van der Waals surface area contributed by atoms with Crippen LogP contribution in [-0.2, 0) is 11.3 Å². The Balaban J connectivity index is 1.75. The molecule has 1 aromatic heterocycles. The summed E-state index contributed by atoms with van der Waals surface area (Å²) in [7, 11) is 0. The van der Waals surface area contributed by atoms with E-state index in [0.717, 1.165) is 22.4 Å². The van der Waals surface area contributed by atoms with E-state index in [-0.39, 0.29) is 0 Å². The fraction of sp³-hybridized carbons (Fsp3) is 0.100. The number of halogens is 1. The fourth-order valence-electron chi connectivity index (χ4n) is 3.43. The number of nitrogens with zero attached hydrogens (tertiary/aromatic N) is 2. The van der Waals surface area contributed by atoms with Gasteiger partial charge in [0.2, 0.25) is 0 Å². The SMILES string of the molecule is O=C1O[C@H](c2ccncc2)c2c(Cl)ccc3c2N1Cc1ccccc1O3. The van der Waals surface area contributed by atoms with Gasteiger partial charge in [0.1, 0.15) is 5.75 Å². The number of hydrogen-bond donors (Lipinski definition) is 0. The average molecular weight is 365 g/mol. The standard InChI is InChI=1S/C20H13ClN2O3/c21-14-5-6-16-18-17(14)19(12-7-9-22-10-8-12)26-20(24)23(18)11-13-3-1-2-4-15(13)25-16/h1-10,19H,11H2/t19-/m1/s1. The normalized spacial score (nSPS) is 17.5. The highest BCUT2D eigenvalue weighted by Gasteiger charge is 2.39. The number of para-hydroxylation sites is 1. The number of aromatic nitrogens is 1. The van der Waals surface area contributed by atoms with Gasteiger partial charge in [-0.3, -0.25) is 9.88 Å². The van der Waals surface area contributed by atoms with Crippen LogP contribution in [-0.4, -0.2) is 11.1 Å². The van der Waals surface area contributed by atoms with Crippen LogP contribution in [0.3, 0.4) is 0 Å². The number of benzene rings is 2. The molecule has 2 aliphatic heterocycles. The van der Waals surface area contributed by atoms with Gasteiger partial charge in [0.15, 0.2) is 11.9 Å². The van der Waals surface area contributed by atoms with E-state index in [2.05, 4.69) is 4.98 Å². The molecule has 3 heterocycles. The van der Waals surface area contributed by atoms with Gasteiger partial charge in [-0.1, -0.05) is 29.8 Å². The number of carbonyl (C=O) groups excluding carboxylic acids is 1. The van der Waals surface area contributed by atoms with Gasteiger partial charge in [0, 0.05) is 29.1 Å². The Labute approximate surface area is 154 Å². The van der Waals surface area contributed by atoms with Gasteiger partial charge >= 0.3 is 6.09 Å². The number of anilines is 1. The maximum atomic E-state index is 12.8. The number of amides is 1. The summed E-state index contributed by atoms with van der Waals surface area (Å²) < 4.78 is 11.9. The predicted molar refractivity (Wildman–Crippen MR) is 96.7 cm³/mol. The molecule has 1 amide bonds. The molecule has 128 valence electrons. The van der Waals surface area contributed by atoms with Crippen molar-refractivity contribution >= 4 is 23.4 Å². The Bertz CT molecular complexity index is 1020. The number of rotatable bonds is 1. The summed E-state index contributed by atoms with van der Waals surface area (Å²) in [4.78, 5) is 18.4. The minimum Gasteiger partial charge on any atom is -0.455 e. The van der Waals surface area contributed by atoms with Gasteiger partial charge in [0.25, 0.3) is 0 Å². The molecule has 0 fully saturated rings. The highest BCUT2D eigenvalue weighted by Crippen LogP contribution is 2.50. The van der Waals surface area contributed by atoms with Crippen LogP contribution in [0.25, 0.3) is 0 Å². The van der Waals surface area contributed by atoms with Gasteiger partial charge < -0.3 is 9.47 Å². The Kier molecular flexibility index (Phi) is 3.36. The van der Waals surface area contributed by atoms with Crippen LogP contribution in [0.15, 0.2) is 60.9 Å². The van der Waals surface area contributed by atoms with E-state index in [1.807, 2.05) is 36.4 Å². The van der Waals surface area contributed by atoms with Gasteiger partial charge in [-0.2, -0.15) is 0 Å². The lowest BCUT2D eigenvalue weighted by molar-refractivity contribution is 0.117. The van der Waals surface area contributed by atoms with Gasteiger partial charge in [-0.05, 0) is 30.3 Å². The van der Waals surface area contributed by atoms with Crippen molar-refractivity contribution < 1.29 is 14.3 Å². The third-order valence-electron chi connectivity index (χ3n) is 4.63. The second-order valence-corrected chi connectivity index (χ2v) is 6.56. The second-order valence-electron chi connectivity index (χ2n) is 6.15. The van der Waals surface area contributed by atoms with Crippen LogP contribution < -0.4 is 9.64 Å². The van der Waals surface area contributed by atoms with Crippen molar-refractivity contribution in [3.05, 3.63) is 82.6 Å². The van der Waals surface area contributed by atoms with Crippen molar-refractivity contribution in [3.63, 3.8) is 0 Å². The molecule has 0 radical (unpaired) electrons. The molecule has 0 saturated carbocycles. The lowest BCUT2D eigenvalue weighted by atomic mass is 9.98. The zero-order chi connectivity index (χ0) is 17.7. The highest BCUT2D eigenvalue weighted by atomic mass is 35.5. The summed E-state index contributed by atoms with van der Waals surface area (Å²) in [6.45, 7) is 0.360. The maximum Gasteiger partial charge on any atom is 0.415 e. The smallest absolute Gasteiger partial charge is 0.415 e. The van der Waals surface area contributed by atoms with Crippen molar-refractivity contribution in [2.75, 3.05) is 4.90 Å². The zero-order valence-electron chi connectivity index (χ0n) is 13.6. The van der Waals surface area contributed by atoms with Crippen molar-refractivity contribution in [2.45, 2.75) is 12.6 Å². The number of hydrogen-bond acceptors (Lipinski definition) is 4. The molecule has 0 bridgehead atoms. The van der Waals surface area contributed by atoms with E-state index < -0.39 is 12.2 Å². The molecule has 26 heavy (non-hydrogen) atoms.